The number of ether oxygens (including phenoxy) is 1. The minimum Gasteiger partial charge on any atom is -0.486 e. The molecule has 200 valence electrons. The maximum Gasteiger partial charge on any atom is 0.243 e. The number of fused-ring (bicyclic) bond motifs is 1. The van der Waals surface area contributed by atoms with Gasteiger partial charge in [-0.1, -0.05) is 0 Å². The Morgan fingerprint density at radius 3 is 2.55 bits per heavy atom. The molecule has 2 aliphatic rings. The van der Waals surface area contributed by atoms with Gasteiger partial charge in [0.1, 0.15) is 29.9 Å². The lowest BCUT2D eigenvalue weighted by atomic mass is 10.0. The number of carbonyl (C=O) groups excluding carboxylic acids is 3. The molecular formula is C27H31FN6O4. The van der Waals surface area contributed by atoms with Crippen LogP contribution in [0.1, 0.15) is 45.0 Å². The van der Waals surface area contributed by atoms with Crippen molar-refractivity contribution in [2.45, 2.75) is 52.3 Å². The molecule has 10 nitrogen and oxygen atoms in total. The molecule has 1 saturated heterocycles. The maximum atomic E-state index is 13.9. The fourth-order valence-electron chi connectivity index (χ4n) is 4.49. The van der Waals surface area contributed by atoms with Gasteiger partial charge in [-0.05, 0) is 62.4 Å². The molecule has 1 aliphatic heterocycles. The second kappa shape index (κ2) is 11.5. The van der Waals surface area contributed by atoms with Gasteiger partial charge in [-0.2, -0.15) is 0 Å². The number of Topliss-reactive ketones (excluding diaryl/α,β-unsaturated/α-hetero) is 1. The topological polar surface area (TPSA) is 137 Å². The lowest BCUT2D eigenvalue weighted by Crippen LogP contribution is -2.49. The normalized spacial score (nSPS) is 19.3. The predicted molar refractivity (Wildman–Crippen MR) is 138 cm³/mol. The molecule has 1 aromatic heterocycles. The molecule has 1 aromatic carbocycles. The second-order valence-electron chi connectivity index (χ2n) is 9.68. The van der Waals surface area contributed by atoms with Crippen LogP contribution in [0.3, 0.4) is 0 Å². The minimum atomic E-state index is -0.649. The van der Waals surface area contributed by atoms with Crippen molar-refractivity contribution in [3.05, 3.63) is 59.4 Å². The SMILES string of the molecule is CC(=O)C(=N)c1cc(OCc2ncccn2)ccc1NCC(=O)N1[C@@H]2C[C@@H]2C[C@H]1C(=O)NCC(F)=C(C)C. The average molecular weight is 523 g/mol. The lowest BCUT2D eigenvalue weighted by Gasteiger charge is -2.27. The molecular weight excluding hydrogens is 491 g/mol. The Morgan fingerprint density at radius 1 is 1.13 bits per heavy atom. The van der Waals surface area contributed by atoms with Gasteiger partial charge in [-0.15, -0.1) is 0 Å². The van der Waals surface area contributed by atoms with Gasteiger partial charge in [0.2, 0.25) is 11.8 Å². The number of hydrogen-bond acceptors (Lipinski definition) is 8. The Kier molecular flexibility index (Phi) is 8.13. The van der Waals surface area contributed by atoms with Crippen LogP contribution < -0.4 is 15.4 Å². The van der Waals surface area contributed by atoms with Gasteiger partial charge in [0.25, 0.3) is 0 Å². The largest absolute Gasteiger partial charge is 0.486 e. The molecule has 2 heterocycles. The van der Waals surface area contributed by atoms with Crippen LogP contribution in [-0.4, -0.2) is 63.4 Å². The Morgan fingerprint density at radius 2 is 1.87 bits per heavy atom. The molecule has 2 aromatic rings. The molecule has 11 heteroatoms. The third-order valence-corrected chi connectivity index (χ3v) is 6.69. The molecule has 0 unspecified atom stereocenters. The van der Waals surface area contributed by atoms with Crippen LogP contribution in [0.4, 0.5) is 10.1 Å². The van der Waals surface area contributed by atoms with Gasteiger partial charge >= 0.3 is 0 Å². The summed E-state index contributed by atoms with van der Waals surface area (Å²) < 4.78 is 19.6. The van der Waals surface area contributed by atoms with Crippen molar-refractivity contribution in [2.75, 3.05) is 18.4 Å². The van der Waals surface area contributed by atoms with Gasteiger partial charge in [0.05, 0.1) is 13.1 Å². The van der Waals surface area contributed by atoms with Crippen molar-refractivity contribution in [2.24, 2.45) is 5.92 Å². The van der Waals surface area contributed by atoms with Gasteiger partial charge in [-0.3, -0.25) is 19.8 Å². The molecule has 0 radical (unpaired) electrons. The first kappa shape index (κ1) is 26.9. The third-order valence-electron chi connectivity index (χ3n) is 6.69. The summed E-state index contributed by atoms with van der Waals surface area (Å²) in [6.07, 6.45) is 4.60. The van der Waals surface area contributed by atoms with Crippen molar-refractivity contribution >= 4 is 29.0 Å². The molecule has 2 amide bonds. The highest BCUT2D eigenvalue weighted by molar-refractivity contribution is 6.45. The number of likely N-dealkylation sites (tertiary alicyclic amines) is 1. The van der Waals surface area contributed by atoms with E-state index in [0.717, 1.165) is 6.42 Å². The number of allylic oxidation sites excluding steroid dienone is 1. The minimum absolute atomic E-state index is 0.000629. The summed E-state index contributed by atoms with van der Waals surface area (Å²) in [7, 11) is 0. The fraction of sp³-hybridized carbons (Fsp3) is 0.407. The number of carbonyl (C=O) groups is 3. The summed E-state index contributed by atoms with van der Waals surface area (Å²) in [6, 6.07) is 5.90. The monoisotopic (exact) mass is 522 g/mol. The Balaban J connectivity index is 1.43. The highest BCUT2D eigenvalue weighted by atomic mass is 19.1. The first-order chi connectivity index (χ1) is 18.2. The molecule has 38 heavy (non-hydrogen) atoms. The van der Waals surface area contributed by atoms with E-state index in [4.69, 9.17) is 10.1 Å². The van der Waals surface area contributed by atoms with Crippen molar-refractivity contribution < 1.29 is 23.5 Å². The van der Waals surface area contributed by atoms with Crippen LogP contribution >= 0.6 is 0 Å². The van der Waals surface area contributed by atoms with Gasteiger partial charge in [0, 0.05) is 36.6 Å². The number of piperidine rings is 1. The number of halogens is 1. The first-order valence-corrected chi connectivity index (χ1v) is 12.4. The predicted octanol–water partition coefficient (Wildman–Crippen LogP) is 2.79. The molecule has 0 spiro atoms. The zero-order chi connectivity index (χ0) is 27.4. The zero-order valence-corrected chi connectivity index (χ0v) is 21.6. The number of nitrogens with one attached hydrogen (secondary N) is 3. The molecule has 3 atom stereocenters. The summed E-state index contributed by atoms with van der Waals surface area (Å²) in [6.45, 7) is 4.33. The van der Waals surface area contributed by atoms with Gasteiger partial charge < -0.3 is 20.3 Å². The molecule has 1 aliphatic carbocycles. The fourth-order valence-corrected chi connectivity index (χ4v) is 4.49. The van der Waals surface area contributed by atoms with Crippen molar-refractivity contribution in [1.29, 1.82) is 5.41 Å². The third kappa shape index (κ3) is 6.21. The zero-order valence-electron chi connectivity index (χ0n) is 21.6. The van der Waals surface area contributed by atoms with Crippen molar-refractivity contribution in [3.8, 4) is 5.75 Å². The summed E-state index contributed by atoms with van der Waals surface area (Å²) >= 11 is 0. The van der Waals surface area contributed by atoms with Gasteiger partial charge in [0.15, 0.2) is 11.6 Å². The second-order valence-corrected chi connectivity index (χ2v) is 9.68. The maximum absolute atomic E-state index is 13.9. The van der Waals surface area contributed by atoms with E-state index in [-0.39, 0.29) is 54.7 Å². The van der Waals surface area contributed by atoms with Crippen LogP contribution in [0.15, 0.2) is 48.1 Å². The van der Waals surface area contributed by atoms with Crippen LogP contribution in [0.2, 0.25) is 0 Å². The van der Waals surface area contributed by atoms with E-state index in [2.05, 4.69) is 20.6 Å². The van der Waals surface area contributed by atoms with Crippen LogP contribution in [0, 0.1) is 11.3 Å². The van der Waals surface area contributed by atoms with E-state index in [0.29, 0.717) is 29.3 Å². The average Bonchev–Trinajstić information content (AvgIpc) is 3.57. The Hall–Kier alpha value is -4.15. The molecule has 2 fully saturated rings. The number of aromatic nitrogens is 2. The summed E-state index contributed by atoms with van der Waals surface area (Å²) in [5, 5.41) is 13.9. The van der Waals surface area contributed by atoms with Crippen LogP contribution in [0.5, 0.6) is 5.75 Å². The summed E-state index contributed by atoms with van der Waals surface area (Å²) in [5.41, 5.74) is 0.964. The number of amides is 2. The highest BCUT2D eigenvalue weighted by Crippen LogP contribution is 2.47. The molecule has 1 saturated carbocycles. The quantitative estimate of drug-likeness (QED) is 0.386. The van der Waals surface area contributed by atoms with E-state index in [1.165, 1.54) is 6.92 Å². The van der Waals surface area contributed by atoms with E-state index in [9.17, 15) is 18.8 Å². The highest BCUT2D eigenvalue weighted by Gasteiger charge is 2.55. The van der Waals surface area contributed by atoms with E-state index < -0.39 is 17.7 Å². The number of nitrogens with zero attached hydrogens (tertiary/aromatic N) is 3. The van der Waals surface area contributed by atoms with E-state index in [1.54, 1.807) is 55.4 Å². The van der Waals surface area contributed by atoms with Crippen LogP contribution in [0.25, 0.3) is 0 Å². The molecule has 3 N–H and O–H groups in total. The van der Waals surface area contributed by atoms with E-state index in [1.807, 2.05) is 0 Å². The number of anilines is 1. The number of ketones is 1. The van der Waals surface area contributed by atoms with Gasteiger partial charge in [-0.25, -0.2) is 14.4 Å². The first-order valence-electron chi connectivity index (χ1n) is 12.4. The summed E-state index contributed by atoms with van der Waals surface area (Å²) in [4.78, 5) is 47.7. The van der Waals surface area contributed by atoms with E-state index >= 15 is 0 Å². The Labute approximate surface area is 220 Å². The van der Waals surface area contributed by atoms with Crippen LogP contribution in [-0.2, 0) is 21.0 Å². The lowest BCUT2D eigenvalue weighted by molar-refractivity contribution is -0.138. The number of hydrogen-bond donors (Lipinski definition) is 3. The Bertz CT molecular complexity index is 1280. The smallest absolute Gasteiger partial charge is 0.243 e. The molecule has 4 rings (SSSR count). The summed E-state index contributed by atoms with van der Waals surface area (Å²) in [5.74, 6) is -0.321. The standard InChI is InChI=1S/C27H31FN6O4/c1-15(2)20(28)12-33-27(37)23-10-17-9-22(17)34(23)25(36)13-32-21-6-5-18(11-19(21)26(29)16(3)35)38-14-24-30-7-4-8-31-24/h4-8,11,17,22-23,29,32H,9-10,12-14H2,1-3H3,(H,33,37)/t17-,22-,23+/m1/s1. The number of benzene rings is 1. The number of rotatable bonds is 11. The van der Waals surface area contributed by atoms with Crippen molar-refractivity contribution in [1.82, 2.24) is 20.2 Å². The molecule has 0 bridgehead atoms. The van der Waals surface area contributed by atoms with Crippen molar-refractivity contribution in [3.63, 3.8) is 0 Å².